The number of carbonyl (C=O) groups excluding carboxylic acids is 1. The molecular formula is C14H17N3O3S. The summed E-state index contributed by atoms with van der Waals surface area (Å²) in [6.07, 6.45) is 0. The number of anilines is 2. The number of carbonyl (C=O) groups is 1. The van der Waals surface area contributed by atoms with Gasteiger partial charge in [-0.3, -0.25) is 4.79 Å². The number of thiazole rings is 1. The first-order valence-corrected chi connectivity index (χ1v) is 7.04. The number of amides is 1. The number of hydrogen-bond acceptors (Lipinski definition) is 6. The largest absolute Gasteiger partial charge is 0.493 e. The van der Waals surface area contributed by atoms with Crippen molar-refractivity contribution in [2.75, 3.05) is 25.3 Å². The first kappa shape index (κ1) is 15.1. The van der Waals surface area contributed by atoms with E-state index in [1.165, 1.54) is 25.6 Å². The molecule has 0 bridgehead atoms. The van der Waals surface area contributed by atoms with Crippen molar-refractivity contribution in [3.05, 3.63) is 27.7 Å². The van der Waals surface area contributed by atoms with Gasteiger partial charge < -0.3 is 20.5 Å². The zero-order chi connectivity index (χ0) is 15.6. The van der Waals surface area contributed by atoms with Crippen LogP contribution in [0.15, 0.2) is 12.1 Å². The first-order chi connectivity index (χ1) is 9.96. The van der Waals surface area contributed by atoms with E-state index in [2.05, 4.69) is 10.3 Å². The minimum atomic E-state index is -0.239. The Bertz CT molecular complexity index is 682. The molecule has 0 fully saturated rings. The van der Waals surface area contributed by atoms with Gasteiger partial charge in [0.2, 0.25) is 0 Å². The highest BCUT2D eigenvalue weighted by molar-refractivity contribution is 7.13. The Labute approximate surface area is 126 Å². The molecule has 7 heteroatoms. The zero-order valence-corrected chi connectivity index (χ0v) is 13.1. The molecule has 112 valence electrons. The molecule has 1 amide bonds. The van der Waals surface area contributed by atoms with Crippen LogP contribution >= 0.6 is 11.3 Å². The van der Waals surface area contributed by atoms with Crippen LogP contribution in [-0.2, 0) is 0 Å². The molecule has 1 aromatic carbocycles. The van der Waals surface area contributed by atoms with Crippen molar-refractivity contribution in [3.63, 3.8) is 0 Å². The fraction of sp³-hybridized carbons (Fsp3) is 0.286. The number of aryl methyl sites for hydroxylation is 2. The summed E-state index contributed by atoms with van der Waals surface area (Å²) in [6.45, 7) is 3.66. The molecule has 6 nitrogen and oxygen atoms in total. The van der Waals surface area contributed by atoms with E-state index in [0.29, 0.717) is 33.4 Å². The lowest BCUT2D eigenvalue weighted by molar-refractivity contribution is 0.103. The number of nitrogens with two attached hydrogens (primary N) is 1. The molecule has 1 heterocycles. The summed E-state index contributed by atoms with van der Waals surface area (Å²) in [4.78, 5) is 17.1. The van der Waals surface area contributed by atoms with Crippen molar-refractivity contribution in [3.8, 4) is 11.5 Å². The van der Waals surface area contributed by atoms with Gasteiger partial charge in [0.25, 0.3) is 5.91 Å². The number of benzene rings is 1. The molecule has 2 rings (SSSR count). The monoisotopic (exact) mass is 307 g/mol. The third kappa shape index (κ3) is 3.08. The summed E-state index contributed by atoms with van der Waals surface area (Å²) < 4.78 is 10.4. The minimum absolute atomic E-state index is 0.239. The number of ether oxygens (including phenoxy) is 2. The summed E-state index contributed by atoms with van der Waals surface area (Å²) in [5, 5.41) is 3.62. The van der Waals surface area contributed by atoms with Gasteiger partial charge in [0.1, 0.15) is 4.88 Å². The molecule has 0 aliphatic heterocycles. The fourth-order valence-electron chi connectivity index (χ4n) is 1.92. The highest BCUT2D eigenvalue weighted by Crippen LogP contribution is 2.35. The van der Waals surface area contributed by atoms with Crippen molar-refractivity contribution < 1.29 is 14.3 Å². The van der Waals surface area contributed by atoms with Crippen LogP contribution < -0.4 is 20.5 Å². The zero-order valence-electron chi connectivity index (χ0n) is 12.3. The standard InChI is InChI=1S/C14H17N3O3S/c1-7-13(21-8(2)16-7)14(18)17-10-6-12(20-4)11(19-3)5-9(10)15/h5-6H,15H2,1-4H3,(H,17,18). The Hall–Kier alpha value is -2.28. The van der Waals surface area contributed by atoms with E-state index in [0.717, 1.165) is 5.01 Å². The van der Waals surface area contributed by atoms with Gasteiger partial charge in [-0.15, -0.1) is 11.3 Å². The lowest BCUT2D eigenvalue weighted by Crippen LogP contribution is -2.13. The Morgan fingerprint density at radius 1 is 1.24 bits per heavy atom. The number of nitrogen functional groups attached to an aromatic ring is 1. The predicted molar refractivity (Wildman–Crippen MR) is 83.5 cm³/mol. The second-order valence-corrected chi connectivity index (χ2v) is 5.60. The van der Waals surface area contributed by atoms with Crippen LogP contribution in [0, 0.1) is 13.8 Å². The smallest absolute Gasteiger partial charge is 0.267 e. The molecule has 0 saturated heterocycles. The second kappa shape index (κ2) is 6.01. The van der Waals surface area contributed by atoms with Crippen LogP contribution in [0.1, 0.15) is 20.4 Å². The van der Waals surface area contributed by atoms with Gasteiger partial charge in [-0.1, -0.05) is 0 Å². The SMILES string of the molecule is COc1cc(N)c(NC(=O)c2sc(C)nc2C)cc1OC. The average Bonchev–Trinajstić information content (AvgIpc) is 2.79. The van der Waals surface area contributed by atoms with Crippen molar-refractivity contribution in [2.24, 2.45) is 0 Å². The molecule has 0 aliphatic rings. The summed E-state index contributed by atoms with van der Waals surface area (Å²) in [5.74, 6) is 0.772. The van der Waals surface area contributed by atoms with Gasteiger partial charge in [0, 0.05) is 12.1 Å². The number of hydrogen-bond donors (Lipinski definition) is 2. The Morgan fingerprint density at radius 2 is 1.86 bits per heavy atom. The van der Waals surface area contributed by atoms with Gasteiger partial charge >= 0.3 is 0 Å². The van der Waals surface area contributed by atoms with Crippen LogP contribution in [0.5, 0.6) is 11.5 Å². The molecule has 2 aromatic rings. The summed E-state index contributed by atoms with van der Waals surface area (Å²) in [6, 6.07) is 3.24. The molecule has 0 radical (unpaired) electrons. The maximum atomic E-state index is 12.3. The molecule has 0 spiro atoms. The van der Waals surface area contributed by atoms with Crippen molar-refractivity contribution in [1.82, 2.24) is 4.98 Å². The van der Waals surface area contributed by atoms with E-state index in [1.54, 1.807) is 19.1 Å². The molecule has 21 heavy (non-hydrogen) atoms. The van der Waals surface area contributed by atoms with E-state index in [-0.39, 0.29) is 5.91 Å². The summed E-state index contributed by atoms with van der Waals surface area (Å²) in [5.41, 5.74) is 7.51. The molecule has 0 atom stereocenters. The molecular weight excluding hydrogens is 290 g/mol. The van der Waals surface area contributed by atoms with Crippen LogP contribution in [0.4, 0.5) is 11.4 Å². The highest BCUT2D eigenvalue weighted by atomic mass is 32.1. The Balaban J connectivity index is 2.31. The quantitative estimate of drug-likeness (QED) is 0.848. The predicted octanol–water partition coefficient (Wildman–Crippen LogP) is 2.61. The second-order valence-electron chi connectivity index (χ2n) is 4.40. The van der Waals surface area contributed by atoms with Crippen LogP contribution in [0.25, 0.3) is 0 Å². The molecule has 0 saturated carbocycles. The van der Waals surface area contributed by atoms with Gasteiger partial charge in [-0.25, -0.2) is 4.98 Å². The van der Waals surface area contributed by atoms with Gasteiger partial charge in [-0.05, 0) is 13.8 Å². The van der Waals surface area contributed by atoms with Crippen molar-refractivity contribution >= 4 is 28.6 Å². The third-order valence-electron chi connectivity index (χ3n) is 2.91. The van der Waals surface area contributed by atoms with E-state index in [1.807, 2.05) is 6.92 Å². The number of aromatic nitrogens is 1. The lowest BCUT2D eigenvalue weighted by Gasteiger charge is -2.13. The summed E-state index contributed by atoms with van der Waals surface area (Å²) >= 11 is 1.35. The number of nitrogens with one attached hydrogen (secondary N) is 1. The van der Waals surface area contributed by atoms with Crippen LogP contribution in [-0.4, -0.2) is 25.1 Å². The van der Waals surface area contributed by atoms with Gasteiger partial charge in [-0.2, -0.15) is 0 Å². The van der Waals surface area contributed by atoms with Gasteiger partial charge in [0.05, 0.1) is 36.3 Å². The maximum Gasteiger partial charge on any atom is 0.267 e. The van der Waals surface area contributed by atoms with Crippen LogP contribution in [0.3, 0.4) is 0 Å². The fourth-order valence-corrected chi connectivity index (χ4v) is 2.74. The first-order valence-electron chi connectivity index (χ1n) is 6.23. The molecule has 0 aliphatic carbocycles. The normalized spacial score (nSPS) is 10.3. The number of methoxy groups -OCH3 is 2. The summed E-state index contributed by atoms with van der Waals surface area (Å²) in [7, 11) is 3.05. The van der Waals surface area contributed by atoms with E-state index in [4.69, 9.17) is 15.2 Å². The molecule has 0 unspecified atom stereocenters. The maximum absolute atomic E-state index is 12.3. The number of rotatable bonds is 4. The third-order valence-corrected chi connectivity index (χ3v) is 3.99. The number of nitrogens with zero attached hydrogens (tertiary/aromatic N) is 1. The van der Waals surface area contributed by atoms with Crippen molar-refractivity contribution in [1.29, 1.82) is 0 Å². The molecule has 3 N–H and O–H groups in total. The minimum Gasteiger partial charge on any atom is -0.493 e. The lowest BCUT2D eigenvalue weighted by atomic mass is 10.2. The molecule has 1 aromatic heterocycles. The van der Waals surface area contributed by atoms with Gasteiger partial charge in [0.15, 0.2) is 11.5 Å². The van der Waals surface area contributed by atoms with E-state index < -0.39 is 0 Å². The van der Waals surface area contributed by atoms with Crippen molar-refractivity contribution in [2.45, 2.75) is 13.8 Å². The Morgan fingerprint density at radius 3 is 2.38 bits per heavy atom. The van der Waals surface area contributed by atoms with Crippen LogP contribution in [0.2, 0.25) is 0 Å². The highest BCUT2D eigenvalue weighted by Gasteiger charge is 2.16. The Kier molecular flexibility index (Phi) is 4.32. The van der Waals surface area contributed by atoms with E-state index >= 15 is 0 Å². The van der Waals surface area contributed by atoms with E-state index in [9.17, 15) is 4.79 Å². The average molecular weight is 307 g/mol. The topological polar surface area (TPSA) is 86.5 Å².